The Morgan fingerprint density at radius 3 is 2.21 bits per heavy atom. The molecular weight excluding hydrogens is 387 g/mol. The minimum absolute atomic E-state index is 0.0940. The van der Waals surface area contributed by atoms with Crippen molar-refractivity contribution in [2.45, 2.75) is 43.4 Å². The molecule has 0 atom stereocenters. The fourth-order valence-corrected chi connectivity index (χ4v) is 5.13. The van der Waals surface area contributed by atoms with Gasteiger partial charge in [0.2, 0.25) is 10.0 Å². The van der Waals surface area contributed by atoms with Gasteiger partial charge in [-0.05, 0) is 50.3 Å². The van der Waals surface area contributed by atoms with Crippen LogP contribution < -0.4 is 0 Å². The summed E-state index contributed by atoms with van der Waals surface area (Å²) in [6, 6.07) is 3.10. The molecule has 0 bridgehead atoms. The smallest absolute Gasteiger partial charge is 0.338 e. The number of rotatable bonds is 5. The lowest BCUT2D eigenvalue weighted by Crippen LogP contribution is -2.38. The van der Waals surface area contributed by atoms with Gasteiger partial charge in [-0.1, -0.05) is 6.42 Å². The Hall–Kier alpha value is -2.00. The van der Waals surface area contributed by atoms with Crippen molar-refractivity contribution >= 4 is 21.9 Å². The van der Waals surface area contributed by atoms with E-state index in [0.717, 1.165) is 56.7 Å². The van der Waals surface area contributed by atoms with E-state index in [1.165, 1.54) is 4.31 Å². The molecule has 2 fully saturated rings. The van der Waals surface area contributed by atoms with E-state index in [0.29, 0.717) is 26.2 Å². The first-order chi connectivity index (χ1) is 13.4. The van der Waals surface area contributed by atoms with Crippen LogP contribution in [0.5, 0.6) is 0 Å². The summed E-state index contributed by atoms with van der Waals surface area (Å²) >= 11 is 0. The number of piperidine rings is 2. The van der Waals surface area contributed by atoms with Crippen LogP contribution in [0.2, 0.25) is 0 Å². The van der Waals surface area contributed by atoms with Gasteiger partial charge in [0.15, 0.2) is 6.61 Å². The first kappa shape index (κ1) is 20.7. The van der Waals surface area contributed by atoms with Gasteiger partial charge < -0.3 is 9.64 Å². The molecule has 9 heteroatoms. The van der Waals surface area contributed by atoms with Crippen LogP contribution in [0.4, 0.5) is 4.39 Å². The van der Waals surface area contributed by atoms with Gasteiger partial charge in [0, 0.05) is 26.2 Å². The van der Waals surface area contributed by atoms with Crippen molar-refractivity contribution in [3.8, 4) is 0 Å². The molecule has 3 rings (SSSR count). The predicted molar refractivity (Wildman–Crippen MR) is 99.7 cm³/mol. The Morgan fingerprint density at radius 2 is 1.57 bits per heavy atom. The van der Waals surface area contributed by atoms with Crippen molar-refractivity contribution in [1.29, 1.82) is 0 Å². The average molecular weight is 412 g/mol. The van der Waals surface area contributed by atoms with Gasteiger partial charge in [0.1, 0.15) is 10.7 Å². The summed E-state index contributed by atoms with van der Waals surface area (Å²) in [4.78, 5) is 25.5. The molecule has 1 aromatic carbocycles. The first-order valence-electron chi connectivity index (χ1n) is 9.64. The van der Waals surface area contributed by atoms with Gasteiger partial charge in [-0.15, -0.1) is 0 Å². The van der Waals surface area contributed by atoms with Crippen molar-refractivity contribution in [3.63, 3.8) is 0 Å². The number of carbonyl (C=O) groups excluding carboxylic acids is 2. The highest BCUT2D eigenvalue weighted by Crippen LogP contribution is 2.24. The second-order valence-corrected chi connectivity index (χ2v) is 9.03. The van der Waals surface area contributed by atoms with E-state index >= 15 is 0 Å². The standard InChI is InChI=1S/C19H25FN2O5S/c20-16-8-7-15(13-17(16)28(25,26)22-11-5-2-6-12-22)19(24)27-14-18(23)21-9-3-1-4-10-21/h7-8,13H,1-6,9-12,14H2. The zero-order valence-corrected chi connectivity index (χ0v) is 16.5. The summed E-state index contributed by atoms with van der Waals surface area (Å²) < 4.78 is 46.0. The highest BCUT2D eigenvalue weighted by atomic mass is 32.2. The number of hydrogen-bond donors (Lipinski definition) is 0. The minimum atomic E-state index is -4.02. The quantitative estimate of drug-likeness (QED) is 0.692. The highest BCUT2D eigenvalue weighted by Gasteiger charge is 2.29. The number of hydrogen-bond acceptors (Lipinski definition) is 5. The number of nitrogens with zero attached hydrogens (tertiary/aromatic N) is 2. The summed E-state index contributed by atoms with van der Waals surface area (Å²) in [5, 5.41) is 0. The number of likely N-dealkylation sites (tertiary alicyclic amines) is 1. The van der Waals surface area contributed by atoms with Gasteiger partial charge in [-0.3, -0.25) is 4.79 Å². The summed E-state index contributed by atoms with van der Waals surface area (Å²) in [7, 11) is -4.02. The highest BCUT2D eigenvalue weighted by molar-refractivity contribution is 7.89. The zero-order chi connectivity index (χ0) is 20.1. The van der Waals surface area contributed by atoms with E-state index in [-0.39, 0.29) is 11.5 Å². The van der Waals surface area contributed by atoms with Crippen molar-refractivity contribution in [2.24, 2.45) is 0 Å². The molecule has 2 saturated heterocycles. The van der Waals surface area contributed by atoms with Gasteiger partial charge in [-0.25, -0.2) is 17.6 Å². The topological polar surface area (TPSA) is 84.0 Å². The van der Waals surface area contributed by atoms with Gasteiger partial charge >= 0.3 is 5.97 Å². The van der Waals surface area contributed by atoms with E-state index in [2.05, 4.69) is 0 Å². The second-order valence-electron chi connectivity index (χ2n) is 7.13. The van der Waals surface area contributed by atoms with Gasteiger partial charge in [-0.2, -0.15) is 4.31 Å². The average Bonchev–Trinajstić information content (AvgIpc) is 2.73. The van der Waals surface area contributed by atoms with Crippen LogP contribution in [0.25, 0.3) is 0 Å². The Bertz CT molecular complexity index is 831. The lowest BCUT2D eigenvalue weighted by Gasteiger charge is -2.26. The Morgan fingerprint density at radius 1 is 0.964 bits per heavy atom. The van der Waals surface area contributed by atoms with Gasteiger partial charge in [0.05, 0.1) is 5.56 Å². The van der Waals surface area contributed by atoms with Crippen LogP contribution in [0.1, 0.15) is 48.9 Å². The number of benzene rings is 1. The molecule has 0 spiro atoms. The van der Waals surface area contributed by atoms with Crippen LogP contribution in [-0.2, 0) is 19.6 Å². The minimum Gasteiger partial charge on any atom is -0.452 e. The Kier molecular flexibility index (Phi) is 6.66. The molecule has 0 N–H and O–H groups in total. The van der Waals surface area contributed by atoms with E-state index in [1.54, 1.807) is 4.90 Å². The molecule has 0 aromatic heterocycles. The molecule has 0 saturated carbocycles. The number of carbonyl (C=O) groups is 2. The van der Waals surface area contributed by atoms with Crippen LogP contribution >= 0.6 is 0 Å². The summed E-state index contributed by atoms with van der Waals surface area (Å²) in [6.07, 6.45) is 5.31. The molecule has 28 heavy (non-hydrogen) atoms. The van der Waals surface area contributed by atoms with E-state index < -0.39 is 33.3 Å². The maximum Gasteiger partial charge on any atom is 0.338 e. The maximum absolute atomic E-state index is 14.2. The third kappa shape index (κ3) is 4.70. The lowest BCUT2D eigenvalue weighted by molar-refractivity contribution is -0.135. The SMILES string of the molecule is O=C(OCC(=O)N1CCCCC1)c1ccc(F)c(S(=O)(=O)N2CCCCC2)c1. The zero-order valence-electron chi connectivity index (χ0n) is 15.7. The molecule has 0 aliphatic carbocycles. The number of halogens is 1. The normalized spacial score (nSPS) is 18.7. The summed E-state index contributed by atoms with van der Waals surface area (Å²) in [6.45, 7) is 1.54. The van der Waals surface area contributed by atoms with Crippen molar-refractivity contribution in [2.75, 3.05) is 32.8 Å². The number of esters is 1. The molecular formula is C19H25FN2O5S. The number of sulfonamides is 1. The molecule has 1 amide bonds. The maximum atomic E-state index is 14.2. The van der Waals surface area contributed by atoms with Crippen molar-refractivity contribution in [3.05, 3.63) is 29.6 Å². The third-order valence-electron chi connectivity index (χ3n) is 5.14. The third-order valence-corrected chi connectivity index (χ3v) is 7.05. The summed E-state index contributed by atoms with van der Waals surface area (Å²) in [5.41, 5.74) is -0.0940. The number of ether oxygens (including phenoxy) is 1. The number of amides is 1. The molecule has 2 aliphatic rings. The molecule has 0 unspecified atom stereocenters. The fraction of sp³-hybridized carbons (Fsp3) is 0.579. The van der Waals surface area contributed by atoms with Crippen LogP contribution in [0.15, 0.2) is 23.1 Å². The van der Waals surface area contributed by atoms with E-state index in [4.69, 9.17) is 4.74 Å². The van der Waals surface area contributed by atoms with Crippen LogP contribution in [0, 0.1) is 5.82 Å². The van der Waals surface area contributed by atoms with Crippen molar-refractivity contribution in [1.82, 2.24) is 9.21 Å². The molecule has 0 radical (unpaired) electrons. The largest absolute Gasteiger partial charge is 0.452 e. The lowest BCUT2D eigenvalue weighted by atomic mass is 10.1. The van der Waals surface area contributed by atoms with Crippen molar-refractivity contribution < 1.29 is 27.1 Å². The van der Waals surface area contributed by atoms with Crippen LogP contribution in [0.3, 0.4) is 0 Å². The first-order valence-corrected chi connectivity index (χ1v) is 11.1. The Labute approximate surface area is 164 Å². The van der Waals surface area contributed by atoms with E-state index in [1.807, 2.05) is 0 Å². The molecule has 154 valence electrons. The fourth-order valence-electron chi connectivity index (χ4n) is 3.52. The predicted octanol–water partition coefficient (Wildman–Crippen LogP) is 2.17. The Balaban J connectivity index is 1.69. The monoisotopic (exact) mass is 412 g/mol. The van der Waals surface area contributed by atoms with Gasteiger partial charge in [0.25, 0.3) is 5.91 Å². The molecule has 1 aromatic rings. The van der Waals surface area contributed by atoms with E-state index in [9.17, 15) is 22.4 Å². The molecule has 2 heterocycles. The molecule has 2 aliphatic heterocycles. The van der Waals surface area contributed by atoms with Crippen LogP contribution in [-0.4, -0.2) is 62.3 Å². The molecule has 7 nitrogen and oxygen atoms in total. The summed E-state index contributed by atoms with van der Waals surface area (Å²) in [5.74, 6) is -2.04. The second kappa shape index (κ2) is 9.00.